The molecule has 0 saturated carbocycles. The molecule has 0 unspecified atom stereocenters. The standard InChI is InChI=1S/C28H26BrN3O4/c1-3-35-25-15-21(14-22(17-30)28(34)31-19(2)20-10-6-4-7-11-20)24(29)16-26(25)36-18-27(33)32-23-12-8-5-9-13-23/h4-16,19H,3,18H2,1-2H3,(H,31,34)(H,32,33)/b22-14-/t19-/m1/s1. The van der Waals surface area contributed by atoms with Gasteiger partial charge in [0.1, 0.15) is 11.6 Å². The van der Waals surface area contributed by atoms with Crippen molar-refractivity contribution in [2.75, 3.05) is 18.5 Å². The van der Waals surface area contributed by atoms with E-state index in [4.69, 9.17) is 9.47 Å². The van der Waals surface area contributed by atoms with Crippen molar-refractivity contribution in [1.82, 2.24) is 5.32 Å². The number of carbonyl (C=O) groups excluding carboxylic acids is 2. The molecule has 0 spiro atoms. The van der Waals surface area contributed by atoms with E-state index in [0.717, 1.165) is 5.56 Å². The predicted molar refractivity (Wildman–Crippen MR) is 142 cm³/mol. The van der Waals surface area contributed by atoms with Crippen LogP contribution in [0.3, 0.4) is 0 Å². The Morgan fingerprint density at radius 2 is 1.67 bits per heavy atom. The molecule has 0 aliphatic heterocycles. The molecule has 3 rings (SSSR count). The van der Waals surface area contributed by atoms with Crippen molar-refractivity contribution in [3.05, 3.63) is 94.0 Å². The van der Waals surface area contributed by atoms with Gasteiger partial charge in [-0.1, -0.05) is 64.5 Å². The van der Waals surface area contributed by atoms with Gasteiger partial charge in [0.2, 0.25) is 0 Å². The largest absolute Gasteiger partial charge is 0.490 e. The molecular weight excluding hydrogens is 522 g/mol. The lowest BCUT2D eigenvalue weighted by Crippen LogP contribution is -2.27. The summed E-state index contributed by atoms with van der Waals surface area (Å²) in [5.74, 6) is -0.0732. The Hall–Kier alpha value is -4.09. The summed E-state index contributed by atoms with van der Waals surface area (Å²) in [7, 11) is 0. The third-order valence-electron chi connectivity index (χ3n) is 5.09. The fourth-order valence-corrected chi connectivity index (χ4v) is 3.74. The Bertz CT molecular complexity index is 1270. The minimum Gasteiger partial charge on any atom is -0.490 e. The normalized spacial score (nSPS) is 11.7. The molecule has 8 heteroatoms. The highest BCUT2D eigenvalue weighted by Crippen LogP contribution is 2.35. The molecule has 0 fully saturated rings. The first-order chi connectivity index (χ1) is 17.4. The maximum atomic E-state index is 12.8. The number of nitrogens with zero attached hydrogens (tertiary/aromatic N) is 1. The monoisotopic (exact) mass is 547 g/mol. The molecule has 0 aliphatic rings. The molecule has 0 radical (unpaired) electrons. The number of nitrogens with one attached hydrogen (secondary N) is 2. The maximum Gasteiger partial charge on any atom is 0.262 e. The number of hydrogen-bond acceptors (Lipinski definition) is 5. The van der Waals surface area contributed by atoms with E-state index in [-0.39, 0.29) is 24.1 Å². The van der Waals surface area contributed by atoms with Crippen molar-refractivity contribution in [2.24, 2.45) is 0 Å². The SMILES string of the molecule is CCOc1cc(/C=C(/C#N)C(=O)N[C@H](C)c2ccccc2)c(Br)cc1OCC(=O)Nc1ccccc1. The van der Waals surface area contributed by atoms with Crippen LogP contribution in [0, 0.1) is 11.3 Å². The molecule has 0 aliphatic carbocycles. The Morgan fingerprint density at radius 3 is 2.31 bits per heavy atom. The second kappa shape index (κ2) is 13.1. The molecule has 0 heterocycles. The minimum absolute atomic E-state index is 0.0585. The third kappa shape index (κ3) is 7.45. The van der Waals surface area contributed by atoms with Gasteiger partial charge in [0, 0.05) is 10.2 Å². The lowest BCUT2D eigenvalue weighted by atomic mass is 10.1. The lowest BCUT2D eigenvalue weighted by molar-refractivity contribution is -0.118. The van der Waals surface area contributed by atoms with E-state index >= 15 is 0 Å². The van der Waals surface area contributed by atoms with Gasteiger partial charge in [-0.2, -0.15) is 5.26 Å². The zero-order valence-corrected chi connectivity index (χ0v) is 21.5. The number of carbonyl (C=O) groups is 2. The molecule has 1 atom stereocenters. The van der Waals surface area contributed by atoms with E-state index in [2.05, 4.69) is 26.6 Å². The Kier molecular flexibility index (Phi) is 9.66. The molecule has 0 aromatic heterocycles. The number of halogens is 1. The highest BCUT2D eigenvalue weighted by Gasteiger charge is 2.17. The van der Waals surface area contributed by atoms with Crippen LogP contribution >= 0.6 is 15.9 Å². The van der Waals surface area contributed by atoms with Gasteiger partial charge in [-0.15, -0.1) is 0 Å². The van der Waals surface area contributed by atoms with Crippen molar-refractivity contribution >= 4 is 39.5 Å². The van der Waals surface area contributed by atoms with E-state index in [1.54, 1.807) is 24.3 Å². The number of ether oxygens (including phenoxy) is 2. The van der Waals surface area contributed by atoms with Gasteiger partial charge in [0.25, 0.3) is 11.8 Å². The fraction of sp³-hybridized carbons (Fsp3) is 0.179. The summed E-state index contributed by atoms with van der Waals surface area (Å²) in [6, 6.07) is 23.6. The van der Waals surface area contributed by atoms with Crippen LogP contribution in [0.4, 0.5) is 5.69 Å². The second-order valence-corrected chi connectivity index (χ2v) is 8.59. The number of amides is 2. The Labute approximate surface area is 218 Å². The number of anilines is 1. The van der Waals surface area contributed by atoms with E-state index < -0.39 is 5.91 Å². The first-order valence-corrected chi connectivity index (χ1v) is 12.1. The zero-order chi connectivity index (χ0) is 25.9. The molecule has 2 N–H and O–H groups in total. The smallest absolute Gasteiger partial charge is 0.262 e. The van der Waals surface area contributed by atoms with Crippen molar-refractivity contribution in [3.63, 3.8) is 0 Å². The molecule has 36 heavy (non-hydrogen) atoms. The molecule has 0 bridgehead atoms. The second-order valence-electron chi connectivity index (χ2n) is 7.73. The van der Waals surface area contributed by atoms with E-state index in [1.165, 1.54) is 6.08 Å². The van der Waals surface area contributed by atoms with Crippen molar-refractivity contribution in [3.8, 4) is 17.6 Å². The molecule has 3 aromatic carbocycles. The summed E-state index contributed by atoms with van der Waals surface area (Å²) in [4.78, 5) is 25.0. The molecule has 184 valence electrons. The van der Waals surface area contributed by atoms with Crippen molar-refractivity contribution in [2.45, 2.75) is 19.9 Å². The van der Waals surface area contributed by atoms with Crippen LogP contribution in [0.25, 0.3) is 6.08 Å². The highest BCUT2D eigenvalue weighted by atomic mass is 79.9. The number of benzene rings is 3. The van der Waals surface area contributed by atoms with Crippen molar-refractivity contribution in [1.29, 1.82) is 5.26 Å². The maximum absolute atomic E-state index is 12.8. The summed E-state index contributed by atoms with van der Waals surface area (Å²) in [6.07, 6.45) is 1.48. The topological polar surface area (TPSA) is 100 Å². The van der Waals surface area contributed by atoms with Gasteiger partial charge in [-0.05, 0) is 55.3 Å². The van der Waals surface area contributed by atoms with Gasteiger partial charge in [-0.3, -0.25) is 9.59 Å². The van der Waals surface area contributed by atoms with Gasteiger partial charge in [0.05, 0.1) is 12.6 Å². The van der Waals surface area contributed by atoms with E-state index in [1.807, 2.05) is 68.4 Å². The lowest BCUT2D eigenvalue weighted by Gasteiger charge is -2.15. The average molecular weight is 548 g/mol. The van der Waals surface area contributed by atoms with E-state index in [9.17, 15) is 14.9 Å². The molecular formula is C28H26BrN3O4. The molecule has 0 saturated heterocycles. The van der Waals surface area contributed by atoms with Crippen molar-refractivity contribution < 1.29 is 19.1 Å². The quantitative estimate of drug-likeness (QED) is 0.252. The van der Waals surface area contributed by atoms with Crippen LogP contribution in [0.2, 0.25) is 0 Å². The first-order valence-electron chi connectivity index (χ1n) is 11.3. The first kappa shape index (κ1) is 26.5. The Balaban J connectivity index is 1.75. The van der Waals surface area contributed by atoms with Gasteiger partial charge in [0.15, 0.2) is 18.1 Å². The average Bonchev–Trinajstić information content (AvgIpc) is 2.89. The number of rotatable bonds is 10. The van der Waals surface area contributed by atoms with Crippen LogP contribution < -0.4 is 20.1 Å². The summed E-state index contributed by atoms with van der Waals surface area (Å²) in [5, 5.41) is 15.2. The molecule has 3 aromatic rings. The van der Waals surface area contributed by atoms with Gasteiger partial charge in [-0.25, -0.2) is 0 Å². The Morgan fingerprint density at radius 1 is 1.03 bits per heavy atom. The number of hydrogen-bond donors (Lipinski definition) is 2. The zero-order valence-electron chi connectivity index (χ0n) is 20.0. The minimum atomic E-state index is -0.489. The molecule has 7 nitrogen and oxygen atoms in total. The van der Waals surface area contributed by atoms with E-state index in [0.29, 0.717) is 33.8 Å². The molecule has 2 amide bonds. The fourth-order valence-electron chi connectivity index (χ4n) is 3.31. The number of para-hydroxylation sites is 1. The summed E-state index contributed by atoms with van der Waals surface area (Å²) < 4.78 is 12.0. The van der Waals surface area contributed by atoms with Crippen LogP contribution in [0.1, 0.15) is 31.0 Å². The summed E-state index contributed by atoms with van der Waals surface area (Å²) >= 11 is 3.47. The van der Waals surface area contributed by atoms with Gasteiger partial charge >= 0.3 is 0 Å². The summed E-state index contributed by atoms with van der Waals surface area (Å²) in [5.41, 5.74) is 2.10. The van der Waals surface area contributed by atoms with Crippen LogP contribution in [-0.2, 0) is 9.59 Å². The van der Waals surface area contributed by atoms with Crippen LogP contribution in [-0.4, -0.2) is 25.0 Å². The third-order valence-corrected chi connectivity index (χ3v) is 5.78. The predicted octanol–water partition coefficient (Wildman–Crippen LogP) is 5.65. The van der Waals surface area contributed by atoms with Crippen LogP contribution in [0.15, 0.2) is 82.8 Å². The highest BCUT2D eigenvalue weighted by molar-refractivity contribution is 9.10. The van der Waals surface area contributed by atoms with Gasteiger partial charge < -0.3 is 20.1 Å². The number of nitriles is 1. The summed E-state index contributed by atoms with van der Waals surface area (Å²) in [6.45, 7) is 3.81. The van der Waals surface area contributed by atoms with Crippen LogP contribution in [0.5, 0.6) is 11.5 Å².